The number of carbonyl (C=O) groups excluding carboxylic acids is 1. The molecule has 3 rings (SSSR count). The van der Waals surface area contributed by atoms with Crippen LogP contribution in [0.1, 0.15) is 30.9 Å². The number of nitrogens with one attached hydrogen (secondary N) is 1. The van der Waals surface area contributed by atoms with Gasteiger partial charge in [-0.15, -0.1) is 0 Å². The molecule has 1 N–H and O–H groups in total. The first-order valence-corrected chi connectivity index (χ1v) is 12.8. The average Bonchev–Trinajstić information content (AvgIpc) is 2.71. The van der Waals surface area contributed by atoms with Crippen molar-refractivity contribution in [2.24, 2.45) is 5.92 Å². The molecule has 0 unspecified atom stereocenters. The summed E-state index contributed by atoms with van der Waals surface area (Å²) in [5, 5.41) is 3.10. The van der Waals surface area contributed by atoms with Gasteiger partial charge in [0.15, 0.2) is 0 Å². The van der Waals surface area contributed by atoms with Crippen LogP contribution in [-0.2, 0) is 21.4 Å². The maximum atomic E-state index is 12.8. The molecular weight excluding hydrogens is 394 g/mol. The number of nitrogens with zero attached hydrogens (tertiary/aromatic N) is 2. The van der Waals surface area contributed by atoms with Gasteiger partial charge < -0.3 is 5.32 Å². The highest BCUT2D eigenvalue weighted by atomic mass is 32.2. The second-order valence-corrected chi connectivity index (χ2v) is 11.1. The summed E-state index contributed by atoms with van der Waals surface area (Å²) < 4.78 is 25.5. The van der Waals surface area contributed by atoms with Crippen molar-refractivity contribution in [2.75, 3.05) is 48.8 Å². The minimum absolute atomic E-state index is 0.00293. The number of thioether (sulfide) groups is 1. The molecule has 0 atom stereocenters. The molecule has 0 saturated carbocycles. The second-order valence-electron chi connectivity index (χ2n) is 7.60. The highest BCUT2D eigenvalue weighted by Crippen LogP contribution is 2.24. The lowest BCUT2D eigenvalue weighted by molar-refractivity contribution is -0.120. The summed E-state index contributed by atoms with van der Waals surface area (Å²) in [5.74, 6) is 2.35. The first-order valence-electron chi connectivity index (χ1n) is 10.1. The molecule has 156 valence electrons. The van der Waals surface area contributed by atoms with Crippen LogP contribution in [0.3, 0.4) is 0 Å². The van der Waals surface area contributed by atoms with Gasteiger partial charge in [0.25, 0.3) is 0 Å². The molecule has 0 aliphatic carbocycles. The number of benzene rings is 1. The molecular formula is C20H31N3O3S2. The average molecular weight is 426 g/mol. The fraction of sp³-hybridized carbons (Fsp3) is 0.650. The third-order valence-corrected chi connectivity index (χ3v) is 8.48. The molecule has 0 spiro atoms. The molecule has 0 radical (unpaired) electrons. The van der Waals surface area contributed by atoms with Crippen molar-refractivity contribution in [3.63, 3.8) is 0 Å². The molecule has 0 aromatic heterocycles. The minimum atomic E-state index is -3.16. The number of carbonyl (C=O) groups is 1. The van der Waals surface area contributed by atoms with Crippen molar-refractivity contribution in [2.45, 2.75) is 33.2 Å². The number of rotatable bonds is 6. The van der Waals surface area contributed by atoms with Gasteiger partial charge in [-0.2, -0.15) is 11.8 Å². The first kappa shape index (κ1) is 21.6. The predicted octanol–water partition coefficient (Wildman–Crippen LogP) is 2.54. The summed E-state index contributed by atoms with van der Waals surface area (Å²) in [5.41, 5.74) is 3.14. The van der Waals surface area contributed by atoms with E-state index in [0.717, 1.165) is 30.9 Å². The van der Waals surface area contributed by atoms with Gasteiger partial charge in [-0.25, -0.2) is 12.7 Å². The molecule has 28 heavy (non-hydrogen) atoms. The fourth-order valence-corrected chi connectivity index (χ4v) is 5.84. The topological polar surface area (TPSA) is 69.7 Å². The molecule has 2 fully saturated rings. The second kappa shape index (κ2) is 9.61. The van der Waals surface area contributed by atoms with Crippen molar-refractivity contribution in [1.82, 2.24) is 9.21 Å². The molecule has 0 bridgehead atoms. The molecule has 2 aliphatic rings. The van der Waals surface area contributed by atoms with Gasteiger partial charge in [-0.05, 0) is 43.9 Å². The largest absolute Gasteiger partial charge is 0.326 e. The maximum absolute atomic E-state index is 12.8. The quantitative estimate of drug-likeness (QED) is 0.759. The zero-order valence-electron chi connectivity index (χ0n) is 16.8. The Morgan fingerprint density at radius 2 is 1.86 bits per heavy atom. The number of amides is 1. The standard InChI is InChI=1S/C20H31N3O3S2/c1-3-28(25,26)23-8-6-18(7-9-23)20(24)21-19-14-17(5-4-16(19)2)15-22-10-12-27-13-11-22/h4-5,14,18H,3,6-13,15H2,1-2H3,(H,21,24). The van der Waals surface area contributed by atoms with E-state index in [1.54, 1.807) is 6.92 Å². The van der Waals surface area contributed by atoms with Crippen LogP contribution in [-0.4, -0.2) is 67.0 Å². The summed E-state index contributed by atoms with van der Waals surface area (Å²) in [4.78, 5) is 15.2. The molecule has 2 saturated heterocycles. The minimum Gasteiger partial charge on any atom is -0.326 e. The van der Waals surface area contributed by atoms with Gasteiger partial charge in [-0.3, -0.25) is 9.69 Å². The van der Waals surface area contributed by atoms with Crippen molar-refractivity contribution in [3.05, 3.63) is 29.3 Å². The summed E-state index contributed by atoms with van der Waals surface area (Å²) in [6.07, 6.45) is 1.16. The Morgan fingerprint density at radius 3 is 2.50 bits per heavy atom. The van der Waals surface area contributed by atoms with Gasteiger partial charge in [0.05, 0.1) is 5.75 Å². The van der Waals surface area contributed by atoms with Gasteiger partial charge in [0.1, 0.15) is 0 Å². The van der Waals surface area contributed by atoms with E-state index in [1.807, 2.05) is 18.7 Å². The first-order chi connectivity index (χ1) is 13.4. The van der Waals surface area contributed by atoms with Crippen LogP contribution < -0.4 is 5.32 Å². The van der Waals surface area contributed by atoms with E-state index in [1.165, 1.54) is 21.4 Å². The Labute approximate surface area is 173 Å². The van der Waals surface area contributed by atoms with Gasteiger partial charge in [0, 0.05) is 55.8 Å². The van der Waals surface area contributed by atoms with E-state index in [9.17, 15) is 13.2 Å². The van der Waals surface area contributed by atoms with Crippen LogP contribution in [0.25, 0.3) is 0 Å². The number of hydrogen-bond acceptors (Lipinski definition) is 5. The number of sulfonamides is 1. The number of hydrogen-bond donors (Lipinski definition) is 1. The maximum Gasteiger partial charge on any atom is 0.227 e. The normalized spacial score (nSPS) is 20.2. The summed E-state index contributed by atoms with van der Waals surface area (Å²) >= 11 is 2.00. The SMILES string of the molecule is CCS(=O)(=O)N1CCC(C(=O)Nc2cc(CN3CCSCC3)ccc2C)CC1. The molecule has 8 heteroatoms. The van der Waals surface area contributed by atoms with E-state index < -0.39 is 10.0 Å². The zero-order chi connectivity index (χ0) is 20.1. The van der Waals surface area contributed by atoms with E-state index in [-0.39, 0.29) is 17.6 Å². The van der Waals surface area contributed by atoms with Crippen LogP contribution in [0.5, 0.6) is 0 Å². The lowest BCUT2D eigenvalue weighted by Crippen LogP contribution is -2.42. The molecule has 2 heterocycles. The van der Waals surface area contributed by atoms with E-state index in [2.05, 4.69) is 28.4 Å². The Morgan fingerprint density at radius 1 is 1.18 bits per heavy atom. The van der Waals surface area contributed by atoms with Gasteiger partial charge >= 0.3 is 0 Å². The Balaban J connectivity index is 1.58. The third-order valence-electron chi connectivity index (χ3n) is 5.65. The highest BCUT2D eigenvalue weighted by Gasteiger charge is 2.30. The van der Waals surface area contributed by atoms with Crippen LogP contribution in [0.2, 0.25) is 0 Å². The van der Waals surface area contributed by atoms with Crippen molar-refractivity contribution < 1.29 is 13.2 Å². The summed E-state index contributed by atoms with van der Waals surface area (Å²) in [7, 11) is -3.16. The van der Waals surface area contributed by atoms with Crippen LogP contribution >= 0.6 is 11.8 Å². The van der Waals surface area contributed by atoms with Crippen LogP contribution in [0.4, 0.5) is 5.69 Å². The van der Waals surface area contributed by atoms with Crippen molar-refractivity contribution >= 4 is 33.4 Å². The molecule has 6 nitrogen and oxygen atoms in total. The van der Waals surface area contributed by atoms with Crippen molar-refractivity contribution in [3.8, 4) is 0 Å². The smallest absolute Gasteiger partial charge is 0.227 e. The Hall–Kier alpha value is -1.09. The lowest BCUT2D eigenvalue weighted by atomic mass is 9.97. The number of piperidine rings is 1. The Bertz CT molecular complexity index is 784. The highest BCUT2D eigenvalue weighted by molar-refractivity contribution is 7.99. The van der Waals surface area contributed by atoms with Gasteiger partial charge in [0.2, 0.25) is 15.9 Å². The predicted molar refractivity (Wildman–Crippen MR) is 116 cm³/mol. The molecule has 1 amide bonds. The van der Waals surface area contributed by atoms with Crippen LogP contribution in [0.15, 0.2) is 18.2 Å². The lowest BCUT2D eigenvalue weighted by Gasteiger charge is -2.30. The van der Waals surface area contributed by atoms with E-state index in [4.69, 9.17) is 0 Å². The number of anilines is 1. The Kier molecular flexibility index (Phi) is 7.42. The van der Waals surface area contributed by atoms with E-state index in [0.29, 0.717) is 25.9 Å². The molecule has 1 aromatic carbocycles. The van der Waals surface area contributed by atoms with E-state index >= 15 is 0 Å². The third kappa shape index (κ3) is 5.49. The molecule has 1 aromatic rings. The monoisotopic (exact) mass is 425 g/mol. The molecule has 2 aliphatic heterocycles. The van der Waals surface area contributed by atoms with Crippen LogP contribution in [0, 0.1) is 12.8 Å². The fourth-order valence-electron chi connectivity index (χ4n) is 3.73. The number of aryl methyl sites for hydroxylation is 1. The summed E-state index contributed by atoms with van der Waals surface area (Å²) in [6.45, 7) is 7.66. The van der Waals surface area contributed by atoms with Gasteiger partial charge in [-0.1, -0.05) is 12.1 Å². The summed E-state index contributed by atoms with van der Waals surface area (Å²) in [6, 6.07) is 6.30. The van der Waals surface area contributed by atoms with Crippen molar-refractivity contribution in [1.29, 1.82) is 0 Å². The zero-order valence-corrected chi connectivity index (χ0v) is 18.4.